The predicted molar refractivity (Wildman–Crippen MR) is 79.3 cm³/mol. The van der Waals surface area contributed by atoms with Crippen LogP contribution in [0.25, 0.3) is 0 Å². The Morgan fingerprint density at radius 3 is 2.30 bits per heavy atom. The fourth-order valence-electron chi connectivity index (χ4n) is 5.87. The second kappa shape index (κ2) is 5.01. The Bertz CT molecular complexity index is 349. The minimum Gasteiger partial charge on any atom is -0.352 e. The van der Waals surface area contributed by atoms with Crippen molar-refractivity contribution in [2.75, 3.05) is 13.1 Å². The smallest absolute Gasteiger partial charge is 0.226 e. The Hall–Kier alpha value is -0.570. The fourth-order valence-corrected chi connectivity index (χ4v) is 5.87. The van der Waals surface area contributed by atoms with E-state index in [1.54, 1.807) is 0 Å². The van der Waals surface area contributed by atoms with Crippen LogP contribution in [0, 0.1) is 23.2 Å². The van der Waals surface area contributed by atoms with Gasteiger partial charge in [0.05, 0.1) is 0 Å². The molecule has 0 aromatic rings. The van der Waals surface area contributed by atoms with E-state index in [0.717, 1.165) is 37.3 Å². The number of carbonyl (C=O) groups excluding carboxylic acids is 1. The minimum atomic E-state index is 0.0288. The Morgan fingerprint density at radius 1 is 1.00 bits per heavy atom. The Balaban J connectivity index is 1.45. The lowest BCUT2D eigenvalue weighted by molar-refractivity contribution is -0.147. The van der Waals surface area contributed by atoms with Gasteiger partial charge in [-0.25, -0.2) is 0 Å². The van der Waals surface area contributed by atoms with Crippen molar-refractivity contribution in [1.29, 1.82) is 0 Å². The average molecular weight is 276 g/mol. The topological polar surface area (TPSA) is 41.1 Å². The Kier molecular flexibility index (Phi) is 3.29. The molecule has 0 aromatic carbocycles. The van der Waals surface area contributed by atoms with E-state index in [-0.39, 0.29) is 5.41 Å². The maximum atomic E-state index is 12.9. The van der Waals surface area contributed by atoms with Crippen LogP contribution in [0.4, 0.5) is 0 Å². The van der Waals surface area contributed by atoms with Gasteiger partial charge in [0, 0.05) is 18.0 Å². The van der Waals surface area contributed by atoms with Crippen molar-refractivity contribution in [3.63, 3.8) is 0 Å². The van der Waals surface area contributed by atoms with E-state index in [0.29, 0.717) is 11.9 Å². The molecule has 1 unspecified atom stereocenters. The van der Waals surface area contributed by atoms with Crippen molar-refractivity contribution < 1.29 is 4.79 Å². The third kappa shape index (κ3) is 2.28. The normalized spacial score (nSPS) is 47.0. The van der Waals surface area contributed by atoms with E-state index in [4.69, 9.17) is 0 Å². The summed E-state index contributed by atoms with van der Waals surface area (Å²) in [4.78, 5) is 12.9. The summed E-state index contributed by atoms with van der Waals surface area (Å²) < 4.78 is 0. The van der Waals surface area contributed by atoms with E-state index in [2.05, 4.69) is 10.6 Å². The van der Waals surface area contributed by atoms with Gasteiger partial charge < -0.3 is 10.6 Å². The number of carbonyl (C=O) groups is 1. The molecule has 5 rings (SSSR count). The number of nitrogens with one attached hydrogen (secondary N) is 2. The molecule has 1 saturated heterocycles. The molecule has 20 heavy (non-hydrogen) atoms. The SMILES string of the molecule is O=C(NC1CCCCNC1)C12CC3CC(CC(C3)C1)C2. The molecule has 1 atom stereocenters. The summed E-state index contributed by atoms with van der Waals surface area (Å²) in [6.07, 6.45) is 11.5. The second-order valence-corrected chi connectivity index (χ2v) is 8.07. The molecular weight excluding hydrogens is 248 g/mol. The number of hydrogen-bond donors (Lipinski definition) is 2. The van der Waals surface area contributed by atoms with E-state index in [1.807, 2.05) is 0 Å². The highest BCUT2D eigenvalue weighted by Gasteiger charge is 2.54. The molecular formula is C17H28N2O. The Labute approximate surface area is 122 Å². The molecule has 0 radical (unpaired) electrons. The zero-order valence-corrected chi connectivity index (χ0v) is 12.5. The first-order chi connectivity index (χ1) is 9.73. The zero-order valence-electron chi connectivity index (χ0n) is 12.5. The molecule has 112 valence electrons. The van der Waals surface area contributed by atoms with Gasteiger partial charge in [-0.15, -0.1) is 0 Å². The van der Waals surface area contributed by atoms with Crippen LogP contribution < -0.4 is 10.6 Å². The van der Waals surface area contributed by atoms with Gasteiger partial charge in [0.25, 0.3) is 0 Å². The molecule has 1 heterocycles. The van der Waals surface area contributed by atoms with Crippen LogP contribution in [0.15, 0.2) is 0 Å². The first-order valence-corrected chi connectivity index (χ1v) is 8.75. The summed E-state index contributed by atoms with van der Waals surface area (Å²) in [5.41, 5.74) is 0.0288. The van der Waals surface area contributed by atoms with Gasteiger partial charge in [0.15, 0.2) is 0 Å². The number of amides is 1. The molecule has 4 bridgehead atoms. The van der Waals surface area contributed by atoms with E-state index < -0.39 is 0 Å². The first kappa shape index (κ1) is 13.1. The molecule has 1 aliphatic heterocycles. The summed E-state index contributed by atoms with van der Waals surface area (Å²) in [6, 6.07) is 0.373. The second-order valence-electron chi connectivity index (χ2n) is 8.07. The van der Waals surface area contributed by atoms with E-state index >= 15 is 0 Å². The van der Waals surface area contributed by atoms with Gasteiger partial charge in [-0.3, -0.25) is 4.79 Å². The minimum absolute atomic E-state index is 0.0288. The largest absolute Gasteiger partial charge is 0.352 e. The predicted octanol–water partition coefficient (Wildman–Crippen LogP) is 2.46. The summed E-state index contributed by atoms with van der Waals surface area (Å²) in [5, 5.41) is 6.88. The lowest BCUT2D eigenvalue weighted by Crippen LogP contribution is -2.56. The molecule has 5 fully saturated rings. The molecule has 4 saturated carbocycles. The van der Waals surface area contributed by atoms with Gasteiger partial charge in [-0.2, -0.15) is 0 Å². The molecule has 4 aliphatic carbocycles. The first-order valence-electron chi connectivity index (χ1n) is 8.75. The maximum Gasteiger partial charge on any atom is 0.226 e. The molecule has 3 heteroatoms. The van der Waals surface area contributed by atoms with Gasteiger partial charge in [-0.1, -0.05) is 6.42 Å². The van der Waals surface area contributed by atoms with Crippen molar-refractivity contribution >= 4 is 5.91 Å². The van der Waals surface area contributed by atoms with Crippen molar-refractivity contribution in [1.82, 2.24) is 10.6 Å². The molecule has 1 amide bonds. The van der Waals surface area contributed by atoms with E-state index in [1.165, 1.54) is 51.4 Å². The van der Waals surface area contributed by atoms with Crippen LogP contribution >= 0.6 is 0 Å². The van der Waals surface area contributed by atoms with Crippen LogP contribution in [0.1, 0.15) is 57.8 Å². The van der Waals surface area contributed by atoms with Crippen LogP contribution in [-0.2, 0) is 4.79 Å². The Morgan fingerprint density at radius 2 is 1.65 bits per heavy atom. The van der Waals surface area contributed by atoms with Crippen LogP contribution in [0.3, 0.4) is 0 Å². The lowest BCUT2D eigenvalue weighted by atomic mass is 9.49. The third-order valence-corrected chi connectivity index (χ3v) is 6.40. The molecule has 2 N–H and O–H groups in total. The highest BCUT2D eigenvalue weighted by molar-refractivity contribution is 5.83. The maximum absolute atomic E-state index is 12.9. The fraction of sp³-hybridized carbons (Fsp3) is 0.941. The summed E-state index contributed by atoms with van der Waals surface area (Å²) in [6.45, 7) is 2.09. The van der Waals surface area contributed by atoms with Crippen molar-refractivity contribution in [2.24, 2.45) is 23.2 Å². The summed E-state index contributed by atoms with van der Waals surface area (Å²) in [7, 11) is 0. The van der Waals surface area contributed by atoms with Crippen LogP contribution in [0.5, 0.6) is 0 Å². The molecule has 0 aromatic heterocycles. The van der Waals surface area contributed by atoms with Crippen molar-refractivity contribution in [2.45, 2.75) is 63.8 Å². The third-order valence-electron chi connectivity index (χ3n) is 6.40. The summed E-state index contributed by atoms with van der Waals surface area (Å²) >= 11 is 0. The highest BCUT2D eigenvalue weighted by Crippen LogP contribution is 2.60. The molecule has 3 nitrogen and oxygen atoms in total. The standard InChI is InChI=1S/C17H28N2O/c20-16(19-15-3-1-2-4-18-11-15)17-8-12-5-13(9-17)7-14(6-12)10-17/h12-15,18H,1-11H2,(H,19,20). The van der Waals surface area contributed by atoms with E-state index in [9.17, 15) is 4.79 Å². The van der Waals surface area contributed by atoms with Gasteiger partial charge in [0.1, 0.15) is 0 Å². The number of rotatable bonds is 2. The van der Waals surface area contributed by atoms with Gasteiger partial charge >= 0.3 is 0 Å². The molecule has 5 aliphatic rings. The quantitative estimate of drug-likeness (QED) is 0.813. The van der Waals surface area contributed by atoms with Crippen LogP contribution in [-0.4, -0.2) is 25.0 Å². The van der Waals surface area contributed by atoms with Crippen molar-refractivity contribution in [3.05, 3.63) is 0 Å². The van der Waals surface area contributed by atoms with Gasteiger partial charge in [-0.05, 0) is 75.7 Å². The highest BCUT2D eigenvalue weighted by atomic mass is 16.2. The zero-order chi connectivity index (χ0) is 13.6. The van der Waals surface area contributed by atoms with Gasteiger partial charge in [0.2, 0.25) is 5.91 Å². The lowest BCUT2D eigenvalue weighted by Gasteiger charge is -2.55. The average Bonchev–Trinajstić information content (AvgIpc) is 2.65. The molecule has 0 spiro atoms. The van der Waals surface area contributed by atoms with Crippen LogP contribution in [0.2, 0.25) is 0 Å². The number of hydrogen-bond acceptors (Lipinski definition) is 2. The van der Waals surface area contributed by atoms with Crippen molar-refractivity contribution in [3.8, 4) is 0 Å². The monoisotopic (exact) mass is 276 g/mol. The summed E-state index contributed by atoms with van der Waals surface area (Å²) in [5.74, 6) is 2.99.